The van der Waals surface area contributed by atoms with Gasteiger partial charge in [-0.15, -0.1) is 0 Å². The van der Waals surface area contributed by atoms with E-state index >= 15 is 0 Å². The Hall–Kier alpha value is -1.19. The topological polar surface area (TPSA) is 53.1 Å². The van der Waals surface area contributed by atoms with E-state index in [4.69, 9.17) is 28.3 Å². The van der Waals surface area contributed by atoms with Crippen molar-refractivity contribution in [2.45, 2.75) is 0 Å². The molecule has 0 radical (unpaired) electrons. The van der Waals surface area contributed by atoms with Gasteiger partial charge in [0, 0.05) is 5.39 Å². The summed E-state index contributed by atoms with van der Waals surface area (Å²) in [5, 5.41) is 10.3. The molecule has 14 heavy (non-hydrogen) atoms. The molecule has 2 N–H and O–H groups in total. The lowest BCUT2D eigenvalue weighted by molar-refractivity contribution is 0.0691. The molecule has 0 saturated carbocycles. The number of hydrogen-bond donors (Lipinski definition) is 2. The molecule has 0 spiro atoms. The number of aromatic carboxylic acids is 1. The van der Waals surface area contributed by atoms with Crippen LogP contribution in [0.1, 0.15) is 10.5 Å². The summed E-state index contributed by atoms with van der Waals surface area (Å²) in [6.45, 7) is 0. The van der Waals surface area contributed by atoms with Gasteiger partial charge in [-0.25, -0.2) is 4.79 Å². The molecule has 0 aliphatic rings. The van der Waals surface area contributed by atoms with Gasteiger partial charge in [0.1, 0.15) is 5.69 Å². The monoisotopic (exact) mass is 229 g/mol. The average Bonchev–Trinajstić information content (AvgIpc) is 2.57. The van der Waals surface area contributed by atoms with Crippen molar-refractivity contribution in [2.24, 2.45) is 0 Å². The minimum atomic E-state index is -1.03. The largest absolute Gasteiger partial charge is 0.477 e. The number of nitrogens with one attached hydrogen (secondary N) is 1. The number of hydrogen-bond acceptors (Lipinski definition) is 1. The third-order valence-electron chi connectivity index (χ3n) is 1.92. The van der Waals surface area contributed by atoms with Gasteiger partial charge in [-0.1, -0.05) is 23.2 Å². The fraction of sp³-hybridized carbons (Fsp3) is 0. The van der Waals surface area contributed by atoms with Crippen LogP contribution >= 0.6 is 23.2 Å². The molecule has 1 heterocycles. The minimum absolute atomic E-state index is 0.0787. The van der Waals surface area contributed by atoms with Gasteiger partial charge < -0.3 is 10.1 Å². The second kappa shape index (κ2) is 3.19. The fourth-order valence-corrected chi connectivity index (χ4v) is 1.69. The SMILES string of the molecule is O=C(O)c1cc2c(Cl)ccc(Cl)c2[nH]1. The van der Waals surface area contributed by atoms with Crippen LogP contribution in [-0.2, 0) is 0 Å². The van der Waals surface area contributed by atoms with Crippen LogP contribution in [0.3, 0.4) is 0 Å². The highest BCUT2D eigenvalue weighted by Crippen LogP contribution is 2.29. The Labute approximate surface area is 89.2 Å². The molecule has 1 aromatic carbocycles. The van der Waals surface area contributed by atoms with E-state index in [1.54, 1.807) is 12.1 Å². The Kier molecular flexibility index (Phi) is 2.13. The van der Waals surface area contributed by atoms with Crippen molar-refractivity contribution >= 4 is 40.1 Å². The average molecular weight is 230 g/mol. The maximum atomic E-state index is 10.7. The molecule has 0 fully saturated rings. The number of carbonyl (C=O) groups is 1. The summed E-state index contributed by atoms with van der Waals surface area (Å²) >= 11 is 11.7. The lowest BCUT2D eigenvalue weighted by Crippen LogP contribution is -1.94. The van der Waals surface area contributed by atoms with Gasteiger partial charge in [0.15, 0.2) is 0 Å². The fourth-order valence-electron chi connectivity index (χ4n) is 1.27. The van der Waals surface area contributed by atoms with Gasteiger partial charge in [-0.2, -0.15) is 0 Å². The number of aromatic amines is 1. The number of aromatic nitrogens is 1. The summed E-state index contributed by atoms with van der Waals surface area (Å²) in [4.78, 5) is 13.4. The molecule has 2 rings (SSSR count). The molecule has 0 atom stereocenters. The normalized spacial score (nSPS) is 10.7. The van der Waals surface area contributed by atoms with Crippen molar-refractivity contribution < 1.29 is 9.90 Å². The Morgan fingerprint density at radius 1 is 1.29 bits per heavy atom. The number of fused-ring (bicyclic) bond motifs is 1. The molecule has 0 aliphatic heterocycles. The smallest absolute Gasteiger partial charge is 0.352 e. The third kappa shape index (κ3) is 1.35. The van der Waals surface area contributed by atoms with E-state index in [1.807, 2.05) is 0 Å². The molecular weight excluding hydrogens is 225 g/mol. The molecule has 0 aliphatic carbocycles. The summed E-state index contributed by atoms with van der Waals surface area (Å²) in [6.07, 6.45) is 0. The van der Waals surface area contributed by atoms with E-state index in [1.165, 1.54) is 6.07 Å². The summed E-state index contributed by atoms with van der Waals surface area (Å²) in [7, 11) is 0. The number of rotatable bonds is 1. The van der Waals surface area contributed by atoms with Gasteiger partial charge in [0.25, 0.3) is 0 Å². The van der Waals surface area contributed by atoms with Crippen molar-refractivity contribution in [1.29, 1.82) is 0 Å². The van der Waals surface area contributed by atoms with Crippen LogP contribution < -0.4 is 0 Å². The van der Waals surface area contributed by atoms with Crippen LogP contribution in [0.2, 0.25) is 10.0 Å². The quantitative estimate of drug-likeness (QED) is 0.790. The lowest BCUT2D eigenvalue weighted by atomic mass is 10.2. The molecular formula is C9H5Cl2NO2. The molecule has 3 nitrogen and oxygen atoms in total. The first-order chi connectivity index (χ1) is 6.59. The number of halogens is 2. The van der Waals surface area contributed by atoms with Gasteiger partial charge in [-0.05, 0) is 18.2 Å². The molecule has 0 amide bonds. The summed E-state index contributed by atoms with van der Waals surface area (Å²) < 4.78 is 0. The summed E-state index contributed by atoms with van der Waals surface area (Å²) in [6, 6.07) is 4.71. The van der Waals surface area contributed by atoms with Gasteiger partial charge in [0.05, 0.1) is 15.6 Å². The van der Waals surface area contributed by atoms with Crippen LogP contribution in [0.5, 0.6) is 0 Å². The van der Waals surface area contributed by atoms with E-state index < -0.39 is 5.97 Å². The van der Waals surface area contributed by atoms with E-state index in [0.717, 1.165) is 0 Å². The second-order valence-electron chi connectivity index (χ2n) is 2.81. The first-order valence-electron chi connectivity index (χ1n) is 3.79. The van der Waals surface area contributed by atoms with Crippen LogP contribution in [0.4, 0.5) is 0 Å². The molecule has 0 bridgehead atoms. The first-order valence-corrected chi connectivity index (χ1v) is 4.55. The van der Waals surface area contributed by atoms with Crippen molar-refractivity contribution in [2.75, 3.05) is 0 Å². The molecule has 5 heteroatoms. The third-order valence-corrected chi connectivity index (χ3v) is 2.56. The number of carboxylic acid groups (broad SMARTS) is 1. The number of benzene rings is 1. The molecule has 2 aromatic rings. The molecule has 1 aromatic heterocycles. The zero-order chi connectivity index (χ0) is 10.3. The minimum Gasteiger partial charge on any atom is -0.477 e. The summed E-state index contributed by atoms with van der Waals surface area (Å²) in [5.41, 5.74) is 0.631. The van der Waals surface area contributed by atoms with Crippen LogP contribution in [0, 0.1) is 0 Å². The molecule has 72 valence electrons. The molecule has 0 unspecified atom stereocenters. The van der Waals surface area contributed by atoms with Gasteiger partial charge in [-0.3, -0.25) is 0 Å². The second-order valence-corrected chi connectivity index (χ2v) is 3.62. The van der Waals surface area contributed by atoms with Gasteiger partial charge in [0.2, 0.25) is 0 Å². The highest BCUT2D eigenvalue weighted by molar-refractivity contribution is 6.40. The zero-order valence-corrected chi connectivity index (χ0v) is 8.36. The maximum Gasteiger partial charge on any atom is 0.352 e. The number of carboxylic acids is 1. The Morgan fingerprint density at radius 2 is 1.93 bits per heavy atom. The van der Waals surface area contributed by atoms with Gasteiger partial charge >= 0.3 is 5.97 Å². The predicted octanol–water partition coefficient (Wildman–Crippen LogP) is 3.17. The van der Waals surface area contributed by atoms with E-state index in [2.05, 4.69) is 4.98 Å². The van der Waals surface area contributed by atoms with Crippen LogP contribution in [0.15, 0.2) is 18.2 Å². The predicted molar refractivity (Wildman–Crippen MR) is 55.3 cm³/mol. The van der Waals surface area contributed by atoms with Crippen molar-refractivity contribution in [3.8, 4) is 0 Å². The van der Waals surface area contributed by atoms with Crippen molar-refractivity contribution in [3.05, 3.63) is 33.9 Å². The Bertz CT molecular complexity index is 480. The standard InChI is InChI=1S/C9H5Cl2NO2/c10-5-1-2-6(11)8-4(5)3-7(12-8)9(13)14/h1-3,12H,(H,13,14). The number of H-pyrrole nitrogens is 1. The molecule has 0 saturated heterocycles. The van der Waals surface area contributed by atoms with Crippen LogP contribution in [-0.4, -0.2) is 16.1 Å². The van der Waals surface area contributed by atoms with Crippen molar-refractivity contribution in [3.63, 3.8) is 0 Å². The summed E-state index contributed by atoms with van der Waals surface area (Å²) in [5.74, 6) is -1.03. The van der Waals surface area contributed by atoms with E-state index in [-0.39, 0.29) is 5.69 Å². The Morgan fingerprint density at radius 3 is 2.50 bits per heavy atom. The van der Waals surface area contributed by atoms with Crippen molar-refractivity contribution in [1.82, 2.24) is 4.98 Å². The first kappa shape index (κ1) is 9.37. The van der Waals surface area contributed by atoms with E-state index in [9.17, 15) is 4.79 Å². The maximum absolute atomic E-state index is 10.7. The zero-order valence-electron chi connectivity index (χ0n) is 6.84. The Balaban J connectivity index is 2.82. The highest BCUT2D eigenvalue weighted by atomic mass is 35.5. The van der Waals surface area contributed by atoms with E-state index in [0.29, 0.717) is 20.9 Å². The van der Waals surface area contributed by atoms with Crippen LogP contribution in [0.25, 0.3) is 10.9 Å². The highest BCUT2D eigenvalue weighted by Gasteiger charge is 2.11. The lowest BCUT2D eigenvalue weighted by Gasteiger charge is -1.94.